The van der Waals surface area contributed by atoms with Crippen molar-refractivity contribution in [2.45, 2.75) is 6.54 Å². The Morgan fingerprint density at radius 3 is 2.20 bits per heavy atom. The van der Waals surface area contributed by atoms with Gasteiger partial charge in [-0.3, -0.25) is 0 Å². The first-order valence-corrected chi connectivity index (χ1v) is 6.19. The van der Waals surface area contributed by atoms with Gasteiger partial charge in [-0.1, -0.05) is 23.2 Å². The molecule has 7 heteroatoms. The topological polar surface area (TPSA) is 32.3 Å². The fourth-order valence-corrected chi connectivity index (χ4v) is 2.18. The minimum absolute atomic E-state index is 0.0225. The molecule has 0 heterocycles. The minimum atomic E-state index is -1.07. The molecule has 0 aliphatic rings. The van der Waals surface area contributed by atoms with Crippen molar-refractivity contribution in [3.63, 3.8) is 0 Å². The number of phenols is 1. The van der Waals surface area contributed by atoms with Crippen LogP contribution in [0.4, 0.5) is 18.9 Å². The number of benzene rings is 2. The predicted molar refractivity (Wildman–Crippen MR) is 71.8 cm³/mol. The molecule has 0 aliphatic carbocycles. The van der Waals surface area contributed by atoms with Crippen molar-refractivity contribution in [1.29, 1.82) is 0 Å². The van der Waals surface area contributed by atoms with Gasteiger partial charge in [0.15, 0.2) is 11.6 Å². The molecule has 0 aliphatic heterocycles. The third-order valence-corrected chi connectivity index (χ3v) is 3.08. The molecule has 0 spiro atoms. The zero-order chi connectivity index (χ0) is 14.9. The van der Waals surface area contributed by atoms with E-state index in [-0.39, 0.29) is 27.9 Å². The van der Waals surface area contributed by atoms with Crippen LogP contribution in [0.2, 0.25) is 10.0 Å². The molecule has 2 N–H and O–H groups in total. The van der Waals surface area contributed by atoms with Gasteiger partial charge in [-0.05, 0) is 12.1 Å². The summed E-state index contributed by atoms with van der Waals surface area (Å²) >= 11 is 11.5. The molecular weight excluding hydrogens is 314 g/mol. The molecule has 2 aromatic carbocycles. The number of nitrogens with one attached hydrogen (secondary N) is 1. The lowest BCUT2D eigenvalue weighted by Crippen LogP contribution is -2.05. The summed E-state index contributed by atoms with van der Waals surface area (Å²) < 4.78 is 39.6. The maximum Gasteiger partial charge on any atom is 0.152 e. The number of phenolic OH excluding ortho intramolecular Hbond substituents is 1. The van der Waals surface area contributed by atoms with Gasteiger partial charge in [-0.25, -0.2) is 13.2 Å². The van der Waals surface area contributed by atoms with Crippen LogP contribution in [-0.2, 0) is 6.54 Å². The van der Waals surface area contributed by atoms with Crippen LogP contribution < -0.4 is 5.32 Å². The second-order valence-corrected chi connectivity index (χ2v) is 4.84. The molecular formula is C13H8Cl2F3NO. The Kier molecular flexibility index (Phi) is 4.30. The predicted octanol–water partition coefficient (Wildman–Crippen LogP) is 4.73. The van der Waals surface area contributed by atoms with E-state index in [1.54, 1.807) is 0 Å². The lowest BCUT2D eigenvalue weighted by Gasteiger charge is -2.11. The molecule has 2 aromatic rings. The van der Waals surface area contributed by atoms with Crippen LogP contribution in [0.1, 0.15) is 5.56 Å². The first-order valence-electron chi connectivity index (χ1n) is 5.44. The minimum Gasteiger partial charge on any atom is -0.506 e. The lowest BCUT2D eigenvalue weighted by molar-refractivity contribution is 0.469. The normalized spacial score (nSPS) is 10.7. The second kappa shape index (κ2) is 5.81. The summed E-state index contributed by atoms with van der Waals surface area (Å²) in [7, 11) is 0. The maximum absolute atomic E-state index is 13.4. The van der Waals surface area contributed by atoms with Gasteiger partial charge in [-0.15, -0.1) is 0 Å². The maximum atomic E-state index is 13.4. The molecule has 0 saturated carbocycles. The number of rotatable bonds is 3. The molecule has 0 amide bonds. The second-order valence-electron chi connectivity index (χ2n) is 3.99. The highest BCUT2D eigenvalue weighted by molar-refractivity contribution is 6.35. The molecule has 2 nitrogen and oxygen atoms in total. The standard InChI is InChI=1S/C13H8Cl2F3NO/c14-7-1-6(13(20)9(15)2-7)5-19-12-10(17)3-8(16)4-11(12)18/h1-4,19-20H,5H2. The average Bonchev–Trinajstić information content (AvgIpc) is 2.33. The third kappa shape index (κ3) is 3.11. The van der Waals surface area contributed by atoms with Crippen molar-refractivity contribution in [3.05, 3.63) is 57.3 Å². The molecule has 0 fully saturated rings. The van der Waals surface area contributed by atoms with E-state index in [0.29, 0.717) is 12.1 Å². The van der Waals surface area contributed by atoms with E-state index in [0.717, 1.165) is 0 Å². The number of aromatic hydroxyl groups is 1. The summed E-state index contributed by atoms with van der Waals surface area (Å²) in [6, 6.07) is 3.84. The van der Waals surface area contributed by atoms with Crippen molar-refractivity contribution in [2.24, 2.45) is 0 Å². The van der Waals surface area contributed by atoms with E-state index in [9.17, 15) is 18.3 Å². The lowest BCUT2D eigenvalue weighted by atomic mass is 10.2. The smallest absolute Gasteiger partial charge is 0.152 e. The first kappa shape index (κ1) is 14.8. The highest BCUT2D eigenvalue weighted by atomic mass is 35.5. The fraction of sp³-hybridized carbons (Fsp3) is 0.0769. The number of hydrogen-bond donors (Lipinski definition) is 2. The van der Waals surface area contributed by atoms with Crippen LogP contribution in [0.3, 0.4) is 0 Å². The summed E-state index contributed by atoms with van der Waals surface area (Å²) in [6.07, 6.45) is 0. The Hall–Kier alpha value is -1.59. The van der Waals surface area contributed by atoms with E-state index in [1.807, 2.05) is 0 Å². The van der Waals surface area contributed by atoms with Crippen molar-refractivity contribution >= 4 is 28.9 Å². The number of anilines is 1. The van der Waals surface area contributed by atoms with Crippen molar-refractivity contribution in [1.82, 2.24) is 0 Å². The monoisotopic (exact) mass is 321 g/mol. The van der Waals surface area contributed by atoms with Gasteiger partial charge in [0.25, 0.3) is 0 Å². The van der Waals surface area contributed by atoms with Crippen molar-refractivity contribution in [3.8, 4) is 5.75 Å². The van der Waals surface area contributed by atoms with Crippen LogP contribution >= 0.6 is 23.2 Å². The summed E-state index contributed by atoms with van der Waals surface area (Å²) in [4.78, 5) is 0. The van der Waals surface area contributed by atoms with Crippen molar-refractivity contribution < 1.29 is 18.3 Å². The molecule has 106 valence electrons. The molecule has 20 heavy (non-hydrogen) atoms. The first-order chi connectivity index (χ1) is 9.38. The van der Waals surface area contributed by atoms with E-state index >= 15 is 0 Å². The average molecular weight is 322 g/mol. The highest BCUT2D eigenvalue weighted by Crippen LogP contribution is 2.32. The van der Waals surface area contributed by atoms with Gasteiger partial charge in [0, 0.05) is 29.3 Å². The zero-order valence-electron chi connectivity index (χ0n) is 9.85. The summed E-state index contributed by atoms with van der Waals surface area (Å²) in [5, 5.41) is 12.4. The molecule has 0 saturated heterocycles. The van der Waals surface area contributed by atoms with Gasteiger partial charge < -0.3 is 10.4 Å². The molecule has 2 rings (SSSR count). The largest absolute Gasteiger partial charge is 0.506 e. The Labute approximate surface area is 122 Å². The van der Waals surface area contributed by atoms with Gasteiger partial charge in [0.1, 0.15) is 17.3 Å². The number of halogens is 5. The summed E-state index contributed by atoms with van der Waals surface area (Å²) in [6.45, 7) is -0.133. The van der Waals surface area contributed by atoms with E-state index in [2.05, 4.69) is 5.32 Å². The van der Waals surface area contributed by atoms with Crippen molar-refractivity contribution in [2.75, 3.05) is 5.32 Å². The van der Waals surface area contributed by atoms with Gasteiger partial charge >= 0.3 is 0 Å². The Morgan fingerprint density at radius 1 is 1.00 bits per heavy atom. The molecule has 0 bridgehead atoms. The summed E-state index contributed by atoms with van der Waals surface area (Å²) in [5.74, 6) is -3.41. The van der Waals surface area contributed by atoms with Crippen LogP contribution in [0, 0.1) is 17.5 Å². The van der Waals surface area contributed by atoms with Gasteiger partial charge in [0.2, 0.25) is 0 Å². The Balaban J connectivity index is 2.26. The molecule has 0 unspecified atom stereocenters. The zero-order valence-corrected chi connectivity index (χ0v) is 11.4. The van der Waals surface area contributed by atoms with Crippen LogP contribution in [0.25, 0.3) is 0 Å². The Morgan fingerprint density at radius 2 is 1.60 bits per heavy atom. The third-order valence-electron chi connectivity index (χ3n) is 2.57. The number of hydrogen-bond acceptors (Lipinski definition) is 2. The van der Waals surface area contributed by atoms with Gasteiger partial charge in [0.05, 0.1) is 5.02 Å². The Bertz CT molecular complexity index is 641. The molecule has 0 atom stereocenters. The quantitative estimate of drug-likeness (QED) is 0.856. The molecule has 0 radical (unpaired) electrons. The highest BCUT2D eigenvalue weighted by Gasteiger charge is 2.13. The van der Waals surface area contributed by atoms with E-state index in [1.165, 1.54) is 12.1 Å². The van der Waals surface area contributed by atoms with Gasteiger partial charge in [-0.2, -0.15) is 0 Å². The van der Waals surface area contributed by atoms with Crippen LogP contribution in [0.5, 0.6) is 5.75 Å². The molecule has 0 aromatic heterocycles. The SMILES string of the molecule is Oc1c(Cl)cc(Cl)cc1CNc1c(F)cc(F)cc1F. The fourth-order valence-electron chi connectivity index (χ4n) is 1.65. The van der Waals surface area contributed by atoms with Crippen LogP contribution in [-0.4, -0.2) is 5.11 Å². The van der Waals surface area contributed by atoms with E-state index in [4.69, 9.17) is 23.2 Å². The van der Waals surface area contributed by atoms with Crippen LogP contribution in [0.15, 0.2) is 24.3 Å². The summed E-state index contributed by atoms with van der Waals surface area (Å²) in [5.41, 5.74) is -0.243. The van der Waals surface area contributed by atoms with E-state index < -0.39 is 23.1 Å².